The maximum absolute atomic E-state index is 6.16. The van der Waals surface area contributed by atoms with E-state index in [1.165, 1.54) is 0 Å². The average molecular weight is 280 g/mol. The first-order chi connectivity index (χ1) is 9.12. The third-order valence-corrected chi connectivity index (χ3v) is 3.74. The van der Waals surface area contributed by atoms with Crippen LogP contribution in [-0.4, -0.2) is 17.3 Å². The van der Waals surface area contributed by atoms with Crippen LogP contribution in [0, 0.1) is 0 Å². The lowest BCUT2D eigenvalue weighted by Crippen LogP contribution is -2.43. The second-order valence-electron chi connectivity index (χ2n) is 4.78. The normalized spacial score (nSPS) is 17.0. The summed E-state index contributed by atoms with van der Waals surface area (Å²) in [7, 11) is 1.58. The molecule has 5 nitrogen and oxygen atoms in total. The topological polar surface area (TPSA) is 74.2 Å². The summed E-state index contributed by atoms with van der Waals surface area (Å²) in [6, 6.07) is 5.28. The van der Waals surface area contributed by atoms with Gasteiger partial charge in [0, 0.05) is 5.02 Å². The van der Waals surface area contributed by atoms with Crippen LogP contribution >= 0.6 is 11.6 Å². The Bertz CT molecular complexity index is 608. The molecule has 100 valence electrons. The molecule has 1 heterocycles. The van der Waals surface area contributed by atoms with Crippen LogP contribution in [0.5, 0.6) is 5.75 Å². The zero-order valence-corrected chi connectivity index (χ0v) is 11.3. The molecule has 0 aliphatic heterocycles. The molecule has 0 spiro atoms. The summed E-state index contributed by atoms with van der Waals surface area (Å²) < 4.78 is 10.6. The molecule has 1 aliphatic carbocycles. The molecule has 6 heteroatoms. The quantitative estimate of drug-likeness (QED) is 0.935. The summed E-state index contributed by atoms with van der Waals surface area (Å²) in [6.07, 6.45) is 2.86. The Kier molecular flexibility index (Phi) is 2.95. The van der Waals surface area contributed by atoms with Gasteiger partial charge in [-0.2, -0.15) is 4.98 Å². The average Bonchev–Trinajstić information content (AvgIpc) is 2.85. The third-order valence-electron chi connectivity index (χ3n) is 3.50. The largest absolute Gasteiger partial charge is 0.496 e. The smallest absolute Gasteiger partial charge is 0.247 e. The van der Waals surface area contributed by atoms with Crippen LogP contribution in [0.2, 0.25) is 5.02 Å². The predicted octanol–water partition coefficient (Wildman–Crippen LogP) is 2.74. The molecule has 1 saturated carbocycles. The molecule has 0 unspecified atom stereocenters. The van der Waals surface area contributed by atoms with Gasteiger partial charge in [0.25, 0.3) is 0 Å². The number of hydrogen-bond donors (Lipinski definition) is 1. The number of aromatic nitrogens is 2. The summed E-state index contributed by atoms with van der Waals surface area (Å²) in [6.45, 7) is 0. The Morgan fingerprint density at radius 2 is 2.21 bits per heavy atom. The van der Waals surface area contributed by atoms with E-state index in [0.29, 0.717) is 22.5 Å². The van der Waals surface area contributed by atoms with E-state index in [1.807, 2.05) is 0 Å². The lowest BCUT2D eigenvalue weighted by Gasteiger charge is -2.33. The van der Waals surface area contributed by atoms with Crippen LogP contribution < -0.4 is 10.5 Å². The van der Waals surface area contributed by atoms with Crippen LogP contribution in [0.15, 0.2) is 22.7 Å². The zero-order valence-electron chi connectivity index (χ0n) is 10.5. The van der Waals surface area contributed by atoms with Crippen molar-refractivity contribution in [3.05, 3.63) is 29.1 Å². The van der Waals surface area contributed by atoms with Gasteiger partial charge in [-0.1, -0.05) is 16.8 Å². The summed E-state index contributed by atoms with van der Waals surface area (Å²) in [5, 5.41) is 4.58. The molecule has 19 heavy (non-hydrogen) atoms. The zero-order chi connectivity index (χ0) is 13.5. The van der Waals surface area contributed by atoms with E-state index in [0.717, 1.165) is 24.8 Å². The Morgan fingerprint density at radius 1 is 1.42 bits per heavy atom. The van der Waals surface area contributed by atoms with Gasteiger partial charge in [0.15, 0.2) is 0 Å². The van der Waals surface area contributed by atoms with Crippen molar-refractivity contribution in [3.8, 4) is 17.1 Å². The van der Waals surface area contributed by atoms with Crippen molar-refractivity contribution in [3.63, 3.8) is 0 Å². The minimum Gasteiger partial charge on any atom is -0.496 e. The lowest BCUT2D eigenvalue weighted by molar-refractivity contribution is 0.181. The number of ether oxygens (including phenoxy) is 1. The number of nitrogens with zero attached hydrogens (tertiary/aromatic N) is 2. The van der Waals surface area contributed by atoms with Crippen molar-refractivity contribution < 1.29 is 9.26 Å². The van der Waals surface area contributed by atoms with Gasteiger partial charge in [-0.3, -0.25) is 0 Å². The second-order valence-corrected chi connectivity index (χ2v) is 5.21. The number of halogens is 1. The first-order valence-electron chi connectivity index (χ1n) is 6.09. The van der Waals surface area contributed by atoms with E-state index < -0.39 is 5.54 Å². The molecule has 1 aromatic heterocycles. The van der Waals surface area contributed by atoms with Gasteiger partial charge in [-0.05, 0) is 37.5 Å². The monoisotopic (exact) mass is 279 g/mol. The van der Waals surface area contributed by atoms with Gasteiger partial charge in [0.2, 0.25) is 11.7 Å². The van der Waals surface area contributed by atoms with Crippen molar-refractivity contribution in [1.82, 2.24) is 10.1 Å². The number of rotatable bonds is 3. The molecule has 0 saturated heterocycles. The molecule has 1 aliphatic rings. The molecule has 0 atom stereocenters. The Labute approximate surface area is 115 Å². The van der Waals surface area contributed by atoms with Crippen molar-refractivity contribution in [2.75, 3.05) is 7.11 Å². The Balaban J connectivity index is 1.99. The number of benzene rings is 1. The fraction of sp³-hybridized carbons (Fsp3) is 0.385. The fourth-order valence-electron chi connectivity index (χ4n) is 2.16. The highest BCUT2D eigenvalue weighted by atomic mass is 35.5. The number of nitrogens with two attached hydrogens (primary N) is 1. The first-order valence-corrected chi connectivity index (χ1v) is 6.47. The third kappa shape index (κ3) is 2.09. The molecule has 3 rings (SSSR count). The van der Waals surface area contributed by atoms with E-state index in [4.69, 9.17) is 26.6 Å². The minimum atomic E-state index is -0.453. The maximum Gasteiger partial charge on any atom is 0.247 e. The van der Waals surface area contributed by atoms with E-state index in [-0.39, 0.29) is 0 Å². The van der Waals surface area contributed by atoms with Crippen molar-refractivity contribution in [1.29, 1.82) is 0 Å². The van der Waals surface area contributed by atoms with Gasteiger partial charge in [-0.15, -0.1) is 0 Å². The van der Waals surface area contributed by atoms with E-state index in [2.05, 4.69) is 10.1 Å². The van der Waals surface area contributed by atoms with Crippen LogP contribution in [0.4, 0.5) is 0 Å². The lowest BCUT2D eigenvalue weighted by atomic mass is 9.78. The Hall–Kier alpha value is -1.59. The van der Waals surface area contributed by atoms with E-state index >= 15 is 0 Å². The Morgan fingerprint density at radius 3 is 2.84 bits per heavy atom. The van der Waals surface area contributed by atoms with E-state index in [1.54, 1.807) is 25.3 Å². The van der Waals surface area contributed by atoms with Crippen molar-refractivity contribution in [2.45, 2.75) is 24.8 Å². The maximum atomic E-state index is 6.16. The molecule has 0 amide bonds. The first kappa shape index (κ1) is 12.4. The van der Waals surface area contributed by atoms with Crippen LogP contribution in [-0.2, 0) is 5.54 Å². The molecule has 1 aromatic carbocycles. The van der Waals surface area contributed by atoms with Gasteiger partial charge in [0.05, 0.1) is 18.2 Å². The summed E-state index contributed by atoms with van der Waals surface area (Å²) in [5.41, 5.74) is 6.45. The summed E-state index contributed by atoms with van der Waals surface area (Å²) in [4.78, 5) is 4.39. The van der Waals surface area contributed by atoms with Gasteiger partial charge in [0.1, 0.15) is 5.75 Å². The fourth-order valence-corrected chi connectivity index (χ4v) is 2.32. The predicted molar refractivity (Wildman–Crippen MR) is 71.0 cm³/mol. The number of methoxy groups -OCH3 is 1. The highest BCUT2D eigenvalue weighted by Gasteiger charge is 2.40. The molecular weight excluding hydrogens is 266 g/mol. The molecule has 2 N–H and O–H groups in total. The van der Waals surface area contributed by atoms with Crippen LogP contribution in [0.25, 0.3) is 11.4 Å². The standard InChI is InChI=1S/C13H14ClN3O2/c1-18-10-7-8(14)3-4-9(10)11-16-12(19-17-11)13(15)5-2-6-13/h3-4,7H,2,5-6,15H2,1H3. The SMILES string of the molecule is COc1cc(Cl)ccc1-c1noc(C2(N)CCC2)n1. The van der Waals surface area contributed by atoms with Crippen LogP contribution in [0.3, 0.4) is 0 Å². The molecule has 2 aromatic rings. The highest BCUT2D eigenvalue weighted by molar-refractivity contribution is 6.30. The molecular formula is C13H14ClN3O2. The summed E-state index contributed by atoms with van der Waals surface area (Å²) in [5.74, 6) is 1.57. The molecule has 0 bridgehead atoms. The van der Waals surface area contributed by atoms with Crippen molar-refractivity contribution in [2.24, 2.45) is 5.73 Å². The highest BCUT2D eigenvalue weighted by Crippen LogP contribution is 2.39. The molecule has 1 fully saturated rings. The molecule has 0 radical (unpaired) electrons. The van der Waals surface area contributed by atoms with Gasteiger partial charge >= 0.3 is 0 Å². The van der Waals surface area contributed by atoms with E-state index in [9.17, 15) is 0 Å². The van der Waals surface area contributed by atoms with Crippen molar-refractivity contribution >= 4 is 11.6 Å². The minimum absolute atomic E-state index is 0.453. The number of hydrogen-bond acceptors (Lipinski definition) is 5. The van der Waals surface area contributed by atoms with Gasteiger partial charge < -0.3 is 15.0 Å². The second kappa shape index (κ2) is 4.51. The van der Waals surface area contributed by atoms with Crippen LogP contribution in [0.1, 0.15) is 25.2 Å². The van der Waals surface area contributed by atoms with Gasteiger partial charge in [-0.25, -0.2) is 0 Å². The summed E-state index contributed by atoms with van der Waals surface area (Å²) >= 11 is 5.93.